The third kappa shape index (κ3) is 2.18. The Morgan fingerprint density at radius 2 is 2.20 bits per heavy atom. The van der Waals surface area contributed by atoms with Gasteiger partial charge in [-0.15, -0.1) is 0 Å². The average molecular weight is 292 g/mol. The van der Waals surface area contributed by atoms with Gasteiger partial charge in [-0.05, 0) is 25.1 Å². The van der Waals surface area contributed by atoms with Gasteiger partial charge in [-0.3, -0.25) is 5.10 Å². The number of halogens is 2. The number of hydrogen-bond acceptors (Lipinski definition) is 4. The van der Waals surface area contributed by atoms with Gasteiger partial charge in [0.15, 0.2) is 5.65 Å². The zero-order valence-corrected chi connectivity index (χ0v) is 11.4. The van der Waals surface area contributed by atoms with Crippen LogP contribution in [0.3, 0.4) is 0 Å². The number of hydrogen-bond donors (Lipinski definition) is 2. The highest BCUT2D eigenvalue weighted by Gasteiger charge is 2.14. The van der Waals surface area contributed by atoms with E-state index in [1.165, 1.54) is 6.07 Å². The molecule has 102 valence electrons. The Labute approximate surface area is 119 Å². The molecule has 5 nitrogen and oxygen atoms in total. The lowest BCUT2D eigenvalue weighted by Gasteiger charge is -2.07. The Kier molecular flexibility index (Phi) is 3.23. The van der Waals surface area contributed by atoms with Crippen molar-refractivity contribution in [2.24, 2.45) is 0 Å². The lowest BCUT2D eigenvalue weighted by molar-refractivity contribution is 0.631. The average Bonchev–Trinajstić information content (AvgIpc) is 2.86. The van der Waals surface area contributed by atoms with E-state index in [0.29, 0.717) is 39.8 Å². The third-order valence-electron chi connectivity index (χ3n) is 2.83. The summed E-state index contributed by atoms with van der Waals surface area (Å²) in [6.45, 7) is 2.60. The topological polar surface area (TPSA) is 66.5 Å². The number of fused-ring (bicyclic) bond motifs is 1. The minimum absolute atomic E-state index is 0.343. The van der Waals surface area contributed by atoms with Crippen molar-refractivity contribution >= 4 is 28.6 Å². The van der Waals surface area contributed by atoms with Crippen molar-refractivity contribution in [3.8, 4) is 11.3 Å². The molecule has 0 saturated carbocycles. The van der Waals surface area contributed by atoms with Crippen molar-refractivity contribution in [1.82, 2.24) is 20.2 Å². The van der Waals surface area contributed by atoms with Gasteiger partial charge in [0.05, 0.1) is 17.3 Å². The van der Waals surface area contributed by atoms with Crippen LogP contribution in [-0.4, -0.2) is 26.7 Å². The fraction of sp³-hybridized carbons (Fsp3) is 0.154. The summed E-state index contributed by atoms with van der Waals surface area (Å²) in [5.74, 6) is -0.00486. The molecule has 0 aliphatic heterocycles. The predicted molar refractivity (Wildman–Crippen MR) is 76.3 cm³/mol. The third-order valence-corrected chi connectivity index (χ3v) is 3.07. The highest BCUT2D eigenvalue weighted by molar-refractivity contribution is 6.30. The van der Waals surface area contributed by atoms with Crippen LogP contribution in [0.15, 0.2) is 24.4 Å². The summed E-state index contributed by atoms with van der Waals surface area (Å²) in [5.41, 5.74) is 1.40. The minimum atomic E-state index is -0.429. The second kappa shape index (κ2) is 5.05. The number of nitrogens with zero attached hydrogens (tertiary/aromatic N) is 3. The first kappa shape index (κ1) is 12.8. The monoisotopic (exact) mass is 291 g/mol. The lowest BCUT2D eigenvalue weighted by Crippen LogP contribution is -2.03. The SMILES string of the molecule is CCNc1nc(-c2ccc(Cl)cc2F)c2cn[nH]c2n1. The number of benzene rings is 1. The summed E-state index contributed by atoms with van der Waals surface area (Å²) in [7, 11) is 0. The maximum Gasteiger partial charge on any atom is 0.225 e. The lowest BCUT2D eigenvalue weighted by atomic mass is 10.1. The molecule has 3 rings (SSSR count). The number of H-pyrrole nitrogens is 1. The maximum atomic E-state index is 14.1. The van der Waals surface area contributed by atoms with Crippen LogP contribution in [-0.2, 0) is 0 Å². The molecule has 0 saturated heterocycles. The molecule has 0 aliphatic carbocycles. The predicted octanol–water partition coefficient (Wildman–Crippen LogP) is 3.24. The standard InChI is InChI=1S/C13H11ClFN5/c1-2-16-13-18-11(9-6-17-20-12(9)19-13)8-4-3-7(14)5-10(8)15/h3-6H,2H2,1H3,(H2,16,17,18,19,20). The van der Waals surface area contributed by atoms with Gasteiger partial charge in [0.2, 0.25) is 5.95 Å². The number of aromatic nitrogens is 4. The Morgan fingerprint density at radius 3 is 2.95 bits per heavy atom. The first-order valence-corrected chi connectivity index (χ1v) is 6.47. The van der Waals surface area contributed by atoms with Gasteiger partial charge in [-0.1, -0.05) is 11.6 Å². The second-order valence-electron chi connectivity index (χ2n) is 4.18. The van der Waals surface area contributed by atoms with Crippen molar-refractivity contribution in [2.75, 3.05) is 11.9 Å². The van der Waals surface area contributed by atoms with E-state index < -0.39 is 5.82 Å². The normalized spacial score (nSPS) is 10.9. The summed E-state index contributed by atoms with van der Waals surface area (Å²) >= 11 is 5.78. The van der Waals surface area contributed by atoms with Gasteiger partial charge in [0.1, 0.15) is 5.82 Å². The minimum Gasteiger partial charge on any atom is -0.354 e. The molecule has 2 aromatic heterocycles. The van der Waals surface area contributed by atoms with E-state index in [9.17, 15) is 4.39 Å². The number of rotatable bonds is 3. The molecular weight excluding hydrogens is 281 g/mol. The molecule has 2 N–H and O–H groups in total. The van der Waals surface area contributed by atoms with E-state index in [0.717, 1.165) is 0 Å². The van der Waals surface area contributed by atoms with Crippen LogP contribution in [0.5, 0.6) is 0 Å². The molecule has 0 radical (unpaired) electrons. The molecule has 0 fully saturated rings. The van der Waals surface area contributed by atoms with Gasteiger partial charge in [0.25, 0.3) is 0 Å². The smallest absolute Gasteiger partial charge is 0.225 e. The highest BCUT2D eigenvalue weighted by Crippen LogP contribution is 2.29. The molecule has 20 heavy (non-hydrogen) atoms. The van der Waals surface area contributed by atoms with E-state index >= 15 is 0 Å². The molecule has 0 aliphatic rings. The van der Waals surface area contributed by atoms with Gasteiger partial charge >= 0.3 is 0 Å². The second-order valence-corrected chi connectivity index (χ2v) is 4.62. The van der Waals surface area contributed by atoms with Crippen LogP contribution in [0.4, 0.5) is 10.3 Å². The van der Waals surface area contributed by atoms with Crippen molar-refractivity contribution in [3.63, 3.8) is 0 Å². The van der Waals surface area contributed by atoms with E-state index in [4.69, 9.17) is 11.6 Å². The van der Waals surface area contributed by atoms with Crippen LogP contribution in [0.25, 0.3) is 22.3 Å². The Balaban J connectivity index is 2.25. The molecular formula is C13H11ClFN5. The maximum absolute atomic E-state index is 14.1. The Bertz CT molecular complexity index is 771. The van der Waals surface area contributed by atoms with Crippen LogP contribution in [0.2, 0.25) is 5.02 Å². The molecule has 0 atom stereocenters. The zero-order chi connectivity index (χ0) is 14.1. The fourth-order valence-corrected chi connectivity index (χ4v) is 2.12. The number of anilines is 1. The molecule has 0 spiro atoms. The number of aromatic amines is 1. The Hall–Kier alpha value is -2.21. The van der Waals surface area contributed by atoms with E-state index in [1.807, 2.05) is 6.92 Å². The van der Waals surface area contributed by atoms with Gasteiger partial charge in [-0.2, -0.15) is 10.1 Å². The van der Waals surface area contributed by atoms with Crippen molar-refractivity contribution in [1.29, 1.82) is 0 Å². The largest absolute Gasteiger partial charge is 0.354 e. The summed E-state index contributed by atoms with van der Waals surface area (Å²) in [6, 6.07) is 4.49. The van der Waals surface area contributed by atoms with E-state index in [1.54, 1.807) is 18.3 Å². The summed E-state index contributed by atoms with van der Waals surface area (Å²) < 4.78 is 14.1. The van der Waals surface area contributed by atoms with Gasteiger partial charge in [-0.25, -0.2) is 9.37 Å². The molecule has 3 aromatic rings. The first-order valence-electron chi connectivity index (χ1n) is 6.09. The van der Waals surface area contributed by atoms with Crippen molar-refractivity contribution in [2.45, 2.75) is 6.92 Å². The van der Waals surface area contributed by atoms with Crippen molar-refractivity contribution < 1.29 is 4.39 Å². The van der Waals surface area contributed by atoms with E-state index in [-0.39, 0.29) is 0 Å². The molecule has 7 heteroatoms. The van der Waals surface area contributed by atoms with Gasteiger partial charge in [0, 0.05) is 17.1 Å². The quantitative estimate of drug-likeness (QED) is 0.777. The van der Waals surface area contributed by atoms with Crippen molar-refractivity contribution in [3.05, 3.63) is 35.2 Å². The molecule has 0 unspecified atom stereocenters. The van der Waals surface area contributed by atoms with Crippen LogP contribution in [0.1, 0.15) is 6.92 Å². The first-order chi connectivity index (χ1) is 9.69. The Morgan fingerprint density at radius 1 is 1.35 bits per heavy atom. The summed E-state index contributed by atoms with van der Waals surface area (Å²) in [4.78, 5) is 8.63. The fourth-order valence-electron chi connectivity index (χ4n) is 1.96. The highest BCUT2D eigenvalue weighted by atomic mass is 35.5. The molecule has 0 amide bonds. The van der Waals surface area contributed by atoms with Gasteiger partial charge < -0.3 is 5.32 Å². The van der Waals surface area contributed by atoms with Crippen LogP contribution in [0, 0.1) is 5.82 Å². The summed E-state index contributed by atoms with van der Waals surface area (Å²) in [5, 5.41) is 10.7. The molecule has 0 bridgehead atoms. The van der Waals surface area contributed by atoms with E-state index in [2.05, 4.69) is 25.5 Å². The number of nitrogens with one attached hydrogen (secondary N) is 2. The molecule has 1 aromatic carbocycles. The summed E-state index contributed by atoms with van der Waals surface area (Å²) in [6.07, 6.45) is 1.58. The van der Waals surface area contributed by atoms with Crippen LogP contribution >= 0.6 is 11.6 Å². The molecule has 2 heterocycles. The zero-order valence-electron chi connectivity index (χ0n) is 10.6. The van der Waals surface area contributed by atoms with Crippen LogP contribution < -0.4 is 5.32 Å².